The molecule has 2 aromatic carbocycles. The normalized spacial score (nSPS) is 18.2. The molecule has 1 heterocycles. The first kappa shape index (κ1) is 18.0. The van der Waals surface area contributed by atoms with Gasteiger partial charge in [-0.25, -0.2) is 0 Å². The molecule has 1 saturated heterocycles. The minimum atomic E-state index is -0.520. The third kappa shape index (κ3) is 3.72. The third-order valence-electron chi connectivity index (χ3n) is 4.97. The number of piperidine rings is 1. The van der Waals surface area contributed by atoms with Crippen LogP contribution in [0.4, 0.5) is 5.69 Å². The van der Waals surface area contributed by atoms with Crippen LogP contribution in [0, 0.1) is 0 Å². The molecule has 2 aromatic rings. The van der Waals surface area contributed by atoms with Gasteiger partial charge in [-0.05, 0) is 49.1 Å². The Morgan fingerprint density at radius 2 is 1.77 bits per heavy atom. The molecule has 2 unspecified atom stereocenters. The monoisotopic (exact) mass is 352 g/mol. The average molecular weight is 352 g/mol. The van der Waals surface area contributed by atoms with Crippen LogP contribution in [0.15, 0.2) is 54.6 Å². The maximum atomic E-state index is 13.1. The highest BCUT2D eigenvalue weighted by Crippen LogP contribution is 2.33. The van der Waals surface area contributed by atoms with Crippen LogP contribution in [0.3, 0.4) is 0 Å². The van der Waals surface area contributed by atoms with Crippen molar-refractivity contribution < 1.29 is 14.3 Å². The summed E-state index contributed by atoms with van der Waals surface area (Å²) in [7, 11) is 1.39. The van der Waals surface area contributed by atoms with Gasteiger partial charge in [0.25, 0.3) is 5.91 Å². The smallest absolute Gasteiger partial charge is 0.315 e. The summed E-state index contributed by atoms with van der Waals surface area (Å²) in [6.07, 6.45) is 2.68. The molecular weight excluding hydrogens is 328 g/mol. The summed E-state index contributed by atoms with van der Waals surface area (Å²) in [5.41, 5.74) is 7.88. The van der Waals surface area contributed by atoms with Crippen molar-refractivity contribution in [2.24, 2.45) is 0 Å². The number of nitrogens with zero attached hydrogens (tertiary/aromatic N) is 1. The van der Waals surface area contributed by atoms with E-state index < -0.39 is 5.92 Å². The molecule has 5 heteroatoms. The van der Waals surface area contributed by atoms with E-state index in [4.69, 9.17) is 10.5 Å². The van der Waals surface area contributed by atoms with Crippen LogP contribution in [0.2, 0.25) is 0 Å². The molecule has 3 rings (SSSR count). The van der Waals surface area contributed by atoms with E-state index in [1.165, 1.54) is 7.11 Å². The topological polar surface area (TPSA) is 72.6 Å². The molecule has 0 radical (unpaired) electrons. The lowest BCUT2D eigenvalue weighted by atomic mass is 9.84. The Morgan fingerprint density at radius 3 is 2.42 bits per heavy atom. The Bertz CT molecular complexity index is 759. The van der Waals surface area contributed by atoms with E-state index in [1.54, 1.807) is 12.1 Å². The predicted octanol–water partition coefficient (Wildman–Crippen LogP) is 3.22. The van der Waals surface area contributed by atoms with Gasteiger partial charge in [0.05, 0.1) is 7.11 Å². The Balaban J connectivity index is 1.96. The number of carbonyl (C=O) groups is 2. The highest BCUT2D eigenvalue weighted by molar-refractivity contribution is 5.95. The molecule has 2 N–H and O–H groups in total. The van der Waals surface area contributed by atoms with Crippen LogP contribution in [-0.4, -0.2) is 36.5 Å². The average Bonchev–Trinajstić information content (AvgIpc) is 2.70. The molecule has 2 atom stereocenters. The lowest BCUT2D eigenvalue weighted by molar-refractivity contribution is -0.144. The number of ether oxygens (including phenoxy) is 1. The van der Waals surface area contributed by atoms with E-state index in [2.05, 4.69) is 0 Å². The standard InChI is InChI=1S/C21H24N2O3/c1-26-21(25)19(15-10-12-17(22)13-11-15)18-9-5-6-14-23(18)20(24)16-7-3-2-4-8-16/h2-4,7-8,10-13,18-19H,5-6,9,14,22H2,1H3. The Hall–Kier alpha value is -2.82. The molecule has 0 saturated carbocycles. The fraction of sp³-hybridized carbons (Fsp3) is 0.333. The van der Waals surface area contributed by atoms with Gasteiger partial charge in [-0.3, -0.25) is 9.59 Å². The summed E-state index contributed by atoms with van der Waals surface area (Å²) in [5.74, 6) is -0.888. The van der Waals surface area contributed by atoms with Crippen LogP contribution in [0.25, 0.3) is 0 Å². The van der Waals surface area contributed by atoms with E-state index in [9.17, 15) is 9.59 Å². The zero-order chi connectivity index (χ0) is 18.5. The third-order valence-corrected chi connectivity index (χ3v) is 4.97. The first-order valence-electron chi connectivity index (χ1n) is 8.91. The first-order chi connectivity index (χ1) is 12.6. The van der Waals surface area contributed by atoms with Crippen molar-refractivity contribution in [1.29, 1.82) is 0 Å². The molecule has 0 bridgehead atoms. The number of rotatable bonds is 4. The second-order valence-electron chi connectivity index (χ2n) is 6.60. The van der Waals surface area contributed by atoms with E-state index >= 15 is 0 Å². The van der Waals surface area contributed by atoms with Gasteiger partial charge in [-0.2, -0.15) is 0 Å². The minimum absolute atomic E-state index is 0.0420. The van der Waals surface area contributed by atoms with Crippen LogP contribution < -0.4 is 5.73 Å². The molecule has 1 amide bonds. The van der Waals surface area contributed by atoms with Crippen LogP contribution in [-0.2, 0) is 9.53 Å². The van der Waals surface area contributed by atoms with Gasteiger partial charge in [0.1, 0.15) is 5.92 Å². The highest BCUT2D eigenvalue weighted by Gasteiger charge is 2.38. The number of anilines is 1. The van der Waals surface area contributed by atoms with Gasteiger partial charge < -0.3 is 15.4 Å². The second kappa shape index (κ2) is 8.04. The molecule has 0 aliphatic carbocycles. The molecule has 136 valence electrons. The number of amides is 1. The summed E-state index contributed by atoms with van der Waals surface area (Å²) in [5, 5.41) is 0. The SMILES string of the molecule is COC(=O)C(c1ccc(N)cc1)C1CCCCN1C(=O)c1ccccc1. The fourth-order valence-electron chi connectivity index (χ4n) is 3.65. The number of methoxy groups -OCH3 is 1. The molecule has 0 aromatic heterocycles. The number of hydrogen-bond acceptors (Lipinski definition) is 4. The molecule has 0 spiro atoms. The molecular formula is C21H24N2O3. The van der Waals surface area contributed by atoms with Gasteiger partial charge in [0.15, 0.2) is 0 Å². The number of esters is 1. The quantitative estimate of drug-likeness (QED) is 0.677. The zero-order valence-corrected chi connectivity index (χ0v) is 14.9. The molecule has 1 aliphatic rings. The molecule has 26 heavy (non-hydrogen) atoms. The van der Waals surface area contributed by atoms with Crippen molar-refractivity contribution >= 4 is 17.6 Å². The summed E-state index contributed by atoms with van der Waals surface area (Å²) < 4.78 is 5.08. The van der Waals surface area contributed by atoms with Gasteiger partial charge in [0, 0.05) is 23.8 Å². The second-order valence-corrected chi connectivity index (χ2v) is 6.60. The molecule has 5 nitrogen and oxygen atoms in total. The minimum Gasteiger partial charge on any atom is -0.468 e. The number of benzene rings is 2. The van der Waals surface area contributed by atoms with Gasteiger partial charge in [-0.1, -0.05) is 30.3 Å². The Kier molecular flexibility index (Phi) is 5.56. The van der Waals surface area contributed by atoms with Crippen molar-refractivity contribution in [2.75, 3.05) is 19.4 Å². The summed E-state index contributed by atoms with van der Waals surface area (Å²) in [6, 6.07) is 16.2. The van der Waals surface area contributed by atoms with Crippen LogP contribution in [0.1, 0.15) is 41.1 Å². The molecule has 1 fully saturated rings. The van der Waals surface area contributed by atoms with Crippen LogP contribution >= 0.6 is 0 Å². The number of hydrogen-bond donors (Lipinski definition) is 1. The number of nitrogen functional groups attached to an aromatic ring is 1. The molecule has 1 aliphatic heterocycles. The zero-order valence-electron chi connectivity index (χ0n) is 14.9. The van der Waals surface area contributed by atoms with E-state index in [0.29, 0.717) is 17.8 Å². The van der Waals surface area contributed by atoms with Crippen LogP contribution in [0.5, 0.6) is 0 Å². The summed E-state index contributed by atoms with van der Waals surface area (Å²) in [4.78, 5) is 27.5. The number of nitrogens with two attached hydrogens (primary N) is 1. The maximum Gasteiger partial charge on any atom is 0.315 e. The summed E-state index contributed by atoms with van der Waals surface area (Å²) >= 11 is 0. The lowest BCUT2D eigenvalue weighted by Gasteiger charge is -2.39. The first-order valence-corrected chi connectivity index (χ1v) is 8.91. The van der Waals surface area contributed by atoms with Crippen molar-refractivity contribution in [3.05, 3.63) is 65.7 Å². The largest absolute Gasteiger partial charge is 0.468 e. The van der Waals surface area contributed by atoms with E-state index in [1.807, 2.05) is 47.4 Å². The highest BCUT2D eigenvalue weighted by atomic mass is 16.5. The maximum absolute atomic E-state index is 13.1. The number of likely N-dealkylation sites (tertiary alicyclic amines) is 1. The van der Waals surface area contributed by atoms with Crippen molar-refractivity contribution in [3.8, 4) is 0 Å². The van der Waals surface area contributed by atoms with Crippen molar-refractivity contribution in [1.82, 2.24) is 4.90 Å². The van der Waals surface area contributed by atoms with Crippen molar-refractivity contribution in [3.63, 3.8) is 0 Å². The van der Waals surface area contributed by atoms with Gasteiger partial charge in [0.2, 0.25) is 0 Å². The van der Waals surface area contributed by atoms with Gasteiger partial charge in [-0.15, -0.1) is 0 Å². The van der Waals surface area contributed by atoms with E-state index in [-0.39, 0.29) is 17.9 Å². The summed E-state index contributed by atoms with van der Waals surface area (Å²) in [6.45, 7) is 0.640. The lowest BCUT2D eigenvalue weighted by Crippen LogP contribution is -2.48. The van der Waals surface area contributed by atoms with E-state index in [0.717, 1.165) is 24.8 Å². The predicted molar refractivity (Wildman–Crippen MR) is 101 cm³/mol. The Morgan fingerprint density at radius 1 is 1.08 bits per heavy atom. The Labute approximate surface area is 153 Å². The fourth-order valence-corrected chi connectivity index (χ4v) is 3.65. The van der Waals surface area contributed by atoms with Gasteiger partial charge >= 0.3 is 5.97 Å². The van der Waals surface area contributed by atoms with Crippen molar-refractivity contribution in [2.45, 2.75) is 31.2 Å². The number of carbonyl (C=O) groups excluding carboxylic acids is 2.